The summed E-state index contributed by atoms with van der Waals surface area (Å²) in [5, 5.41) is 0. The first kappa shape index (κ1) is 9.78. The summed E-state index contributed by atoms with van der Waals surface area (Å²) in [6.07, 6.45) is 0. The standard InChI is InChI=1S/C11H16N2/c1-8-4-5-9(2)11(6-8)7-13-10(3)12/h4-6H,7H2,1-3H3,(H2,12,13). The summed E-state index contributed by atoms with van der Waals surface area (Å²) >= 11 is 0. The van der Waals surface area contributed by atoms with Gasteiger partial charge in [-0.05, 0) is 31.9 Å². The predicted molar refractivity (Wildman–Crippen MR) is 56.9 cm³/mol. The SMILES string of the molecule is CC(N)=NCc1cc(C)ccc1C. The Morgan fingerprint density at radius 3 is 2.69 bits per heavy atom. The van der Waals surface area contributed by atoms with Gasteiger partial charge >= 0.3 is 0 Å². The molecule has 0 aromatic heterocycles. The molecule has 0 aliphatic heterocycles. The minimum atomic E-state index is 0.640. The van der Waals surface area contributed by atoms with Crippen LogP contribution in [0.3, 0.4) is 0 Å². The second kappa shape index (κ2) is 4.08. The number of amidine groups is 1. The molecule has 2 N–H and O–H groups in total. The maximum absolute atomic E-state index is 5.48. The largest absolute Gasteiger partial charge is 0.388 e. The van der Waals surface area contributed by atoms with Crippen molar-refractivity contribution >= 4 is 5.84 Å². The third-order valence-corrected chi connectivity index (χ3v) is 2.00. The highest BCUT2D eigenvalue weighted by Crippen LogP contribution is 2.11. The van der Waals surface area contributed by atoms with Gasteiger partial charge in [-0.3, -0.25) is 4.99 Å². The van der Waals surface area contributed by atoms with Crippen LogP contribution in [-0.4, -0.2) is 5.84 Å². The van der Waals surface area contributed by atoms with Gasteiger partial charge in [0.25, 0.3) is 0 Å². The van der Waals surface area contributed by atoms with Gasteiger partial charge in [0.2, 0.25) is 0 Å². The van der Waals surface area contributed by atoms with E-state index in [1.165, 1.54) is 16.7 Å². The van der Waals surface area contributed by atoms with Gasteiger partial charge in [-0.15, -0.1) is 0 Å². The van der Waals surface area contributed by atoms with Gasteiger partial charge in [-0.2, -0.15) is 0 Å². The van der Waals surface area contributed by atoms with Crippen LogP contribution >= 0.6 is 0 Å². The number of nitrogens with zero attached hydrogens (tertiary/aromatic N) is 1. The second-order valence-electron chi connectivity index (χ2n) is 3.39. The highest BCUT2D eigenvalue weighted by Gasteiger charge is 1.96. The average Bonchev–Trinajstić information content (AvgIpc) is 2.06. The van der Waals surface area contributed by atoms with Crippen molar-refractivity contribution in [3.63, 3.8) is 0 Å². The number of aryl methyl sites for hydroxylation is 2. The summed E-state index contributed by atoms with van der Waals surface area (Å²) in [6.45, 7) is 6.68. The summed E-state index contributed by atoms with van der Waals surface area (Å²) in [4.78, 5) is 4.19. The molecule has 13 heavy (non-hydrogen) atoms. The number of rotatable bonds is 2. The van der Waals surface area contributed by atoms with E-state index in [1.54, 1.807) is 0 Å². The number of hydrogen-bond acceptors (Lipinski definition) is 1. The van der Waals surface area contributed by atoms with E-state index in [9.17, 15) is 0 Å². The maximum atomic E-state index is 5.48. The summed E-state index contributed by atoms with van der Waals surface area (Å²) in [5.74, 6) is 0.640. The molecule has 0 amide bonds. The van der Waals surface area contributed by atoms with Crippen LogP contribution in [0.15, 0.2) is 23.2 Å². The van der Waals surface area contributed by atoms with Crippen LogP contribution in [0, 0.1) is 13.8 Å². The van der Waals surface area contributed by atoms with E-state index in [4.69, 9.17) is 5.73 Å². The molecule has 0 radical (unpaired) electrons. The minimum absolute atomic E-state index is 0.640. The van der Waals surface area contributed by atoms with Crippen molar-refractivity contribution in [1.29, 1.82) is 0 Å². The van der Waals surface area contributed by atoms with Crippen molar-refractivity contribution in [2.24, 2.45) is 10.7 Å². The Morgan fingerprint density at radius 1 is 1.38 bits per heavy atom. The van der Waals surface area contributed by atoms with E-state index in [-0.39, 0.29) is 0 Å². The van der Waals surface area contributed by atoms with E-state index in [2.05, 4.69) is 37.0 Å². The molecule has 70 valence electrons. The van der Waals surface area contributed by atoms with Crippen LogP contribution < -0.4 is 5.73 Å². The lowest BCUT2D eigenvalue weighted by molar-refractivity contribution is 1.03. The number of nitrogens with two attached hydrogens (primary N) is 1. The summed E-state index contributed by atoms with van der Waals surface area (Å²) in [7, 11) is 0. The Morgan fingerprint density at radius 2 is 2.08 bits per heavy atom. The first-order valence-corrected chi connectivity index (χ1v) is 4.42. The smallest absolute Gasteiger partial charge is 0.0909 e. The quantitative estimate of drug-likeness (QED) is 0.544. The zero-order valence-electron chi connectivity index (χ0n) is 8.46. The van der Waals surface area contributed by atoms with E-state index in [1.807, 2.05) is 6.92 Å². The first-order valence-electron chi connectivity index (χ1n) is 4.42. The van der Waals surface area contributed by atoms with Gasteiger partial charge < -0.3 is 5.73 Å². The molecule has 0 bridgehead atoms. The van der Waals surface area contributed by atoms with Gasteiger partial charge in [0, 0.05) is 0 Å². The Balaban J connectivity index is 2.87. The summed E-state index contributed by atoms with van der Waals surface area (Å²) in [5.41, 5.74) is 9.28. The van der Waals surface area contributed by atoms with Crippen molar-refractivity contribution in [3.8, 4) is 0 Å². The Kier molecular flexibility index (Phi) is 3.07. The van der Waals surface area contributed by atoms with Gasteiger partial charge in [-0.25, -0.2) is 0 Å². The van der Waals surface area contributed by atoms with Crippen molar-refractivity contribution in [3.05, 3.63) is 34.9 Å². The highest BCUT2D eigenvalue weighted by atomic mass is 14.8. The minimum Gasteiger partial charge on any atom is -0.388 e. The monoisotopic (exact) mass is 176 g/mol. The normalized spacial score (nSPS) is 11.8. The molecule has 1 aromatic carbocycles. The molecule has 2 heteroatoms. The van der Waals surface area contributed by atoms with E-state index < -0.39 is 0 Å². The van der Waals surface area contributed by atoms with Crippen LogP contribution in [0.2, 0.25) is 0 Å². The number of aliphatic imine (C=N–C) groups is 1. The molecule has 0 saturated heterocycles. The van der Waals surface area contributed by atoms with Crippen LogP contribution in [0.4, 0.5) is 0 Å². The first-order chi connectivity index (χ1) is 6.09. The fraction of sp³-hybridized carbons (Fsp3) is 0.364. The van der Waals surface area contributed by atoms with Gasteiger partial charge in [-0.1, -0.05) is 23.8 Å². The third kappa shape index (κ3) is 2.90. The molecule has 0 aliphatic carbocycles. The second-order valence-corrected chi connectivity index (χ2v) is 3.39. The molecule has 1 aromatic rings. The zero-order valence-corrected chi connectivity index (χ0v) is 8.46. The van der Waals surface area contributed by atoms with Crippen LogP contribution in [0.25, 0.3) is 0 Å². The number of benzene rings is 1. The lowest BCUT2D eigenvalue weighted by Crippen LogP contribution is -2.05. The van der Waals surface area contributed by atoms with Crippen LogP contribution in [-0.2, 0) is 6.54 Å². The molecule has 0 fully saturated rings. The summed E-state index contributed by atoms with van der Waals surface area (Å²) < 4.78 is 0. The Bertz CT molecular complexity index is 323. The molecule has 2 nitrogen and oxygen atoms in total. The molecular formula is C11H16N2. The highest BCUT2D eigenvalue weighted by molar-refractivity contribution is 5.77. The third-order valence-electron chi connectivity index (χ3n) is 2.00. The van der Waals surface area contributed by atoms with Crippen molar-refractivity contribution in [2.75, 3.05) is 0 Å². The Hall–Kier alpha value is -1.31. The molecule has 0 atom stereocenters. The fourth-order valence-electron chi connectivity index (χ4n) is 1.18. The Labute approximate surface area is 79.5 Å². The maximum Gasteiger partial charge on any atom is 0.0909 e. The summed E-state index contributed by atoms with van der Waals surface area (Å²) in [6, 6.07) is 6.38. The molecule has 0 aliphatic rings. The number of hydrogen-bond donors (Lipinski definition) is 1. The van der Waals surface area contributed by atoms with Crippen LogP contribution in [0.5, 0.6) is 0 Å². The fourth-order valence-corrected chi connectivity index (χ4v) is 1.18. The zero-order chi connectivity index (χ0) is 9.84. The predicted octanol–water partition coefficient (Wildman–Crippen LogP) is 2.18. The van der Waals surface area contributed by atoms with Gasteiger partial charge in [0.05, 0.1) is 12.4 Å². The molecule has 0 unspecified atom stereocenters. The molecule has 0 saturated carbocycles. The van der Waals surface area contributed by atoms with Gasteiger partial charge in [0.15, 0.2) is 0 Å². The van der Waals surface area contributed by atoms with E-state index >= 15 is 0 Å². The van der Waals surface area contributed by atoms with Crippen LogP contribution in [0.1, 0.15) is 23.6 Å². The molecule has 0 heterocycles. The lowest BCUT2D eigenvalue weighted by atomic mass is 10.1. The van der Waals surface area contributed by atoms with E-state index in [0.29, 0.717) is 12.4 Å². The van der Waals surface area contributed by atoms with Crippen molar-refractivity contribution < 1.29 is 0 Å². The van der Waals surface area contributed by atoms with Crippen molar-refractivity contribution in [2.45, 2.75) is 27.3 Å². The van der Waals surface area contributed by atoms with Crippen molar-refractivity contribution in [1.82, 2.24) is 0 Å². The molecular weight excluding hydrogens is 160 g/mol. The molecule has 1 rings (SSSR count). The lowest BCUT2D eigenvalue weighted by Gasteiger charge is -2.03. The van der Waals surface area contributed by atoms with E-state index in [0.717, 1.165) is 0 Å². The topological polar surface area (TPSA) is 38.4 Å². The average molecular weight is 176 g/mol. The molecule has 0 spiro atoms. The van der Waals surface area contributed by atoms with Gasteiger partial charge in [0.1, 0.15) is 0 Å².